The van der Waals surface area contributed by atoms with E-state index in [2.05, 4.69) is 15.6 Å². The number of alkyl halides is 3. The quantitative estimate of drug-likeness (QED) is 0.568. The molecule has 4 nitrogen and oxygen atoms in total. The molecule has 3 saturated carbocycles. The first kappa shape index (κ1) is 19.3. The molecule has 154 valence electrons. The third kappa shape index (κ3) is 3.56. The van der Waals surface area contributed by atoms with E-state index in [1.165, 1.54) is 25.7 Å². The van der Waals surface area contributed by atoms with Crippen molar-refractivity contribution >= 4 is 5.96 Å². The average molecular weight is 387 g/mol. The highest BCUT2D eigenvalue weighted by atomic mass is 19.4. The van der Waals surface area contributed by atoms with E-state index in [-0.39, 0.29) is 24.3 Å². The summed E-state index contributed by atoms with van der Waals surface area (Å²) in [5, 5.41) is 6.98. The molecule has 0 amide bonds. The Morgan fingerprint density at radius 1 is 1.11 bits per heavy atom. The van der Waals surface area contributed by atoms with Gasteiger partial charge >= 0.3 is 6.18 Å². The zero-order valence-electron chi connectivity index (χ0n) is 16.2. The van der Waals surface area contributed by atoms with Crippen molar-refractivity contribution in [2.24, 2.45) is 22.2 Å². The minimum absolute atomic E-state index is 0.152. The van der Waals surface area contributed by atoms with Gasteiger partial charge in [-0.05, 0) is 45.4 Å². The van der Waals surface area contributed by atoms with E-state index < -0.39 is 12.1 Å². The van der Waals surface area contributed by atoms with E-state index in [0.29, 0.717) is 37.0 Å². The number of rotatable bonds is 3. The van der Waals surface area contributed by atoms with Crippen molar-refractivity contribution in [1.82, 2.24) is 10.6 Å². The summed E-state index contributed by atoms with van der Waals surface area (Å²) in [5.74, 6) is 0.0253. The maximum atomic E-state index is 13.1. The van der Waals surface area contributed by atoms with Crippen LogP contribution >= 0.6 is 0 Å². The van der Waals surface area contributed by atoms with Crippen LogP contribution in [-0.2, 0) is 4.74 Å². The number of nitrogens with one attached hydrogen (secondary N) is 2. The predicted octanol–water partition coefficient (Wildman–Crippen LogP) is 4.01. The van der Waals surface area contributed by atoms with Gasteiger partial charge in [-0.25, -0.2) is 0 Å². The summed E-state index contributed by atoms with van der Waals surface area (Å²) < 4.78 is 45.4. The number of hydrogen-bond donors (Lipinski definition) is 2. The SMILES string of the molecule is CCN=C(NC1CCCC(C(F)(F)F)C1)NC1C2CCOC2C12CCCC2. The summed E-state index contributed by atoms with van der Waals surface area (Å²) >= 11 is 0. The maximum Gasteiger partial charge on any atom is 0.391 e. The second-order valence-electron chi connectivity index (χ2n) is 8.88. The van der Waals surface area contributed by atoms with Crippen LogP contribution < -0.4 is 10.6 Å². The van der Waals surface area contributed by atoms with Crippen LogP contribution in [0.15, 0.2) is 4.99 Å². The Labute approximate surface area is 159 Å². The van der Waals surface area contributed by atoms with Crippen molar-refractivity contribution < 1.29 is 17.9 Å². The van der Waals surface area contributed by atoms with Crippen LogP contribution in [0.1, 0.15) is 64.7 Å². The number of ether oxygens (including phenoxy) is 1. The third-order valence-corrected chi connectivity index (χ3v) is 7.37. The van der Waals surface area contributed by atoms with Gasteiger partial charge in [-0.2, -0.15) is 13.2 Å². The Kier molecular flexibility index (Phi) is 5.34. The van der Waals surface area contributed by atoms with E-state index in [1.54, 1.807) is 0 Å². The lowest BCUT2D eigenvalue weighted by atomic mass is 9.54. The van der Waals surface area contributed by atoms with Crippen LogP contribution in [0.3, 0.4) is 0 Å². The van der Waals surface area contributed by atoms with E-state index in [9.17, 15) is 13.2 Å². The minimum atomic E-state index is -4.09. The van der Waals surface area contributed by atoms with Crippen molar-refractivity contribution in [2.45, 2.75) is 89.1 Å². The van der Waals surface area contributed by atoms with Crippen molar-refractivity contribution in [3.05, 3.63) is 0 Å². The summed E-state index contributed by atoms with van der Waals surface area (Å²) in [6.45, 7) is 3.42. The molecule has 7 heteroatoms. The first-order valence-electron chi connectivity index (χ1n) is 10.7. The highest BCUT2D eigenvalue weighted by Crippen LogP contribution is 2.60. The summed E-state index contributed by atoms with van der Waals surface area (Å²) in [7, 11) is 0. The highest BCUT2D eigenvalue weighted by Gasteiger charge is 2.65. The molecule has 0 aromatic heterocycles. The van der Waals surface area contributed by atoms with Crippen molar-refractivity contribution in [2.75, 3.05) is 13.2 Å². The molecule has 4 fully saturated rings. The van der Waals surface area contributed by atoms with Crippen molar-refractivity contribution in [1.29, 1.82) is 0 Å². The zero-order valence-corrected chi connectivity index (χ0v) is 16.2. The third-order valence-electron chi connectivity index (χ3n) is 7.37. The summed E-state index contributed by atoms with van der Waals surface area (Å²) in [6, 6.07) is 0.186. The molecule has 4 aliphatic rings. The molecular formula is C20H32F3N3O. The Morgan fingerprint density at radius 2 is 1.89 bits per heavy atom. The molecule has 5 atom stereocenters. The van der Waals surface area contributed by atoms with Crippen LogP contribution in [-0.4, -0.2) is 43.5 Å². The van der Waals surface area contributed by atoms with Gasteiger partial charge < -0.3 is 15.4 Å². The Bertz CT molecular complexity index is 559. The van der Waals surface area contributed by atoms with Crippen molar-refractivity contribution in [3.8, 4) is 0 Å². The maximum absolute atomic E-state index is 13.1. The lowest BCUT2D eigenvalue weighted by molar-refractivity contribution is -0.183. The monoisotopic (exact) mass is 387 g/mol. The highest BCUT2D eigenvalue weighted by molar-refractivity contribution is 5.80. The van der Waals surface area contributed by atoms with Crippen molar-refractivity contribution in [3.63, 3.8) is 0 Å². The smallest absolute Gasteiger partial charge is 0.377 e. The van der Waals surface area contributed by atoms with Gasteiger partial charge in [0, 0.05) is 36.6 Å². The molecule has 1 saturated heterocycles. The number of aliphatic imine (C=N–C) groups is 1. The standard InChI is InChI=1S/C20H32F3N3O/c1-2-24-18(25-14-7-5-6-13(12-14)20(21,22)23)26-16-15-8-11-27-17(15)19(16)9-3-4-10-19/h13-17H,2-12H2,1H3,(H2,24,25,26). The number of nitrogens with zero attached hydrogens (tertiary/aromatic N) is 1. The van der Waals surface area contributed by atoms with Crippen LogP contribution in [0.2, 0.25) is 0 Å². The fraction of sp³-hybridized carbons (Fsp3) is 0.950. The van der Waals surface area contributed by atoms with E-state index in [1.807, 2.05) is 6.92 Å². The van der Waals surface area contributed by atoms with Gasteiger partial charge in [0.05, 0.1) is 12.0 Å². The predicted molar refractivity (Wildman–Crippen MR) is 98.6 cm³/mol. The number of guanidine groups is 1. The Hall–Kier alpha value is -0.980. The van der Waals surface area contributed by atoms with Gasteiger partial charge in [0.15, 0.2) is 5.96 Å². The van der Waals surface area contributed by atoms with Crippen LogP contribution in [0.4, 0.5) is 13.2 Å². The van der Waals surface area contributed by atoms with Gasteiger partial charge in [-0.3, -0.25) is 4.99 Å². The van der Waals surface area contributed by atoms with Gasteiger partial charge in [0.25, 0.3) is 0 Å². The fourth-order valence-corrected chi connectivity index (χ4v) is 6.15. The normalized spacial score (nSPS) is 38.5. The molecular weight excluding hydrogens is 355 g/mol. The van der Waals surface area contributed by atoms with Gasteiger partial charge in [-0.1, -0.05) is 19.3 Å². The van der Waals surface area contributed by atoms with Crippen LogP contribution in [0.25, 0.3) is 0 Å². The molecule has 27 heavy (non-hydrogen) atoms. The molecule has 0 bridgehead atoms. The first-order chi connectivity index (χ1) is 12.9. The largest absolute Gasteiger partial charge is 0.391 e. The molecule has 1 aliphatic heterocycles. The molecule has 1 spiro atoms. The molecule has 0 aromatic carbocycles. The van der Waals surface area contributed by atoms with Gasteiger partial charge in [0.2, 0.25) is 0 Å². The summed E-state index contributed by atoms with van der Waals surface area (Å²) in [4.78, 5) is 4.57. The number of halogens is 3. The van der Waals surface area contributed by atoms with Crippen LogP contribution in [0, 0.1) is 17.3 Å². The number of fused-ring (bicyclic) bond motifs is 2. The number of hydrogen-bond acceptors (Lipinski definition) is 2. The molecule has 5 unspecified atom stereocenters. The van der Waals surface area contributed by atoms with E-state index >= 15 is 0 Å². The van der Waals surface area contributed by atoms with Gasteiger partial charge in [0.1, 0.15) is 0 Å². The Balaban J connectivity index is 1.42. The fourth-order valence-electron chi connectivity index (χ4n) is 6.15. The van der Waals surface area contributed by atoms with Gasteiger partial charge in [-0.15, -0.1) is 0 Å². The topological polar surface area (TPSA) is 45.7 Å². The summed E-state index contributed by atoms with van der Waals surface area (Å²) in [6.07, 6.45) is 4.01. The lowest BCUT2D eigenvalue weighted by Crippen LogP contribution is -2.69. The molecule has 4 rings (SSSR count). The average Bonchev–Trinajstić information content (AvgIpc) is 3.28. The zero-order chi connectivity index (χ0) is 19.1. The minimum Gasteiger partial charge on any atom is -0.377 e. The molecule has 0 radical (unpaired) electrons. The molecule has 3 aliphatic carbocycles. The molecule has 1 heterocycles. The van der Waals surface area contributed by atoms with E-state index in [4.69, 9.17) is 4.74 Å². The van der Waals surface area contributed by atoms with Crippen LogP contribution in [0.5, 0.6) is 0 Å². The lowest BCUT2D eigenvalue weighted by Gasteiger charge is -2.57. The second-order valence-corrected chi connectivity index (χ2v) is 8.88. The van der Waals surface area contributed by atoms with E-state index in [0.717, 1.165) is 19.4 Å². The molecule has 2 N–H and O–H groups in total. The second kappa shape index (κ2) is 7.45. The first-order valence-corrected chi connectivity index (χ1v) is 10.7. The Morgan fingerprint density at radius 3 is 2.59 bits per heavy atom. The summed E-state index contributed by atoms with van der Waals surface area (Å²) in [5.41, 5.74) is 0.207. The molecule has 0 aromatic rings.